The summed E-state index contributed by atoms with van der Waals surface area (Å²) < 4.78 is 0. The summed E-state index contributed by atoms with van der Waals surface area (Å²) in [6.07, 6.45) is 5.17. The first-order chi connectivity index (χ1) is 13.2. The standard InChI is InChI=1S/C19H17N7S/c1-12-4-5-15(13(2)24-12)16-6-9-22-19(26-16)23-10-14-11-27-18(25-14)17-20-7-3-8-21-17/h3-9,11H,10H2,1-2H3,(H,22,23,26). The van der Waals surface area contributed by atoms with E-state index in [-0.39, 0.29) is 0 Å². The van der Waals surface area contributed by atoms with Gasteiger partial charge < -0.3 is 5.32 Å². The number of rotatable bonds is 5. The maximum atomic E-state index is 4.60. The zero-order valence-corrected chi connectivity index (χ0v) is 15.7. The Morgan fingerprint density at radius 2 is 1.78 bits per heavy atom. The highest BCUT2D eigenvalue weighted by Crippen LogP contribution is 2.22. The number of nitrogens with one attached hydrogen (secondary N) is 1. The molecule has 0 radical (unpaired) electrons. The molecule has 0 atom stereocenters. The Morgan fingerprint density at radius 3 is 2.59 bits per heavy atom. The fraction of sp³-hybridized carbons (Fsp3) is 0.158. The van der Waals surface area contributed by atoms with Gasteiger partial charge in [-0.1, -0.05) is 0 Å². The molecule has 4 aromatic heterocycles. The fourth-order valence-corrected chi connectivity index (χ4v) is 3.39. The van der Waals surface area contributed by atoms with Crippen LogP contribution in [0, 0.1) is 13.8 Å². The van der Waals surface area contributed by atoms with Gasteiger partial charge in [0.15, 0.2) is 10.8 Å². The molecule has 4 heterocycles. The summed E-state index contributed by atoms with van der Waals surface area (Å²) in [4.78, 5) is 26.4. The van der Waals surface area contributed by atoms with Crippen molar-refractivity contribution in [1.82, 2.24) is 29.9 Å². The summed E-state index contributed by atoms with van der Waals surface area (Å²) in [5.41, 5.74) is 4.68. The molecule has 4 rings (SSSR count). The molecule has 0 aromatic carbocycles. The lowest BCUT2D eigenvalue weighted by Crippen LogP contribution is -2.04. The van der Waals surface area contributed by atoms with E-state index < -0.39 is 0 Å². The lowest BCUT2D eigenvalue weighted by Gasteiger charge is -2.08. The van der Waals surface area contributed by atoms with Crippen molar-refractivity contribution < 1.29 is 0 Å². The Kier molecular flexibility index (Phi) is 4.80. The zero-order valence-electron chi connectivity index (χ0n) is 14.9. The topological polar surface area (TPSA) is 89.4 Å². The molecule has 27 heavy (non-hydrogen) atoms. The number of aromatic nitrogens is 6. The van der Waals surface area contributed by atoms with Crippen LogP contribution in [0.4, 0.5) is 5.95 Å². The van der Waals surface area contributed by atoms with Crippen molar-refractivity contribution >= 4 is 17.3 Å². The highest BCUT2D eigenvalue weighted by molar-refractivity contribution is 7.13. The van der Waals surface area contributed by atoms with E-state index in [1.54, 1.807) is 24.7 Å². The van der Waals surface area contributed by atoms with Crippen molar-refractivity contribution in [2.45, 2.75) is 20.4 Å². The van der Waals surface area contributed by atoms with Crippen molar-refractivity contribution in [2.75, 3.05) is 5.32 Å². The van der Waals surface area contributed by atoms with Gasteiger partial charge in [-0.2, -0.15) is 0 Å². The molecule has 0 saturated carbocycles. The molecule has 0 fully saturated rings. The van der Waals surface area contributed by atoms with Crippen molar-refractivity contribution in [1.29, 1.82) is 0 Å². The summed E-state index contributed by atoms with van der Waals surface area (Å²) in [5, 5.41) is 6.01. The molecule has 0 aliphatic rings. The quantitative estimate of drug-likeness (QED) is 0.569. The Labute approximate surface area is 160 Å². The number of hydrogen-bond acceptors (Lipinski definition) is 8. The first kappa shape index (κ1) is 17.2. The Bertz CT molecular complexity index is 1060. The van der Waals surface area contributed by atoms with Crippen LogP contribution in [0.2, 0.25) is 0 Å². The van der Waals surface area contributed by atoms with E-state index in [0.29, 0.717) is 18.3 Å². The number of pyridine rings is 1. The number of anilines is 1. The normalized spacial score (nSPS) is 10.7. The third-order valence-electron chi connectivity index (χ3n) is 3.89. The molecule has 4 aromatic rings. The van der Waals surface area contributed by atoms with Gasteiger partial charge in [-0.05, 0) is 38.1 Å². The van der Waals surface area contributed by atoms with Crippen LogP contribution in [0.15, 0.2) is 48.2 Å². The molecule has 134 valence electrons. The largest absolute Gasteiger partial charge is 0.349 e. The van der Waals surface area contributed by atoms with Crippen LogP contribution in [0.3, 0.4) is 0 Å². The lowest BCUT2D eigenvalue weighted by atomic mass is 10.1. The monoisotopic (exact) mass is 375 g/mol. The molecular weight excluding hydrogens is 358 g/mol. The van der Waals surface area contributed by atoms with Gasteiger partial charge in [-0.3, -0.25) is 4.98 Å². The Hall–Kier alpha value is -3.26. The van der Waals surface area contributed by atoms with Gasteiger partial charge in [0.2, 0.25) is 5.95 Å². The molecule has 0 aliphatic heterocycles. The first-order valence-corrected chi connectivity index (χ1v) is 9.30. The second-order valence-corrected chi connectivity index (χ2v) is 6.78. The number of thiazole rings is 1. The molecule has 0 spiro atoms. The van der Waals surface area contributed by atoms with E-state index in [0.717, 1.165) is 33.3 Å². The SMILES string of the molecule is Cc1ccc(-c2ccnc(NCc3csc(-c4ncccn4)n3)n2)c(C)n1. The summed E-state index contributed by atoms with van der Waals surface area (Å²) >= 11 is 1.52. The zero-order chi connectivity index (χ0) is 18.6. The smallest absolute Gasteiger partial charge is 0.223 e. The fourth-order valence-electron chi connectivity index (χ4n) is 2.62. The second kappa shape index (κ2) is 7.55. The van der Waals surface area contributed by atoms with Gasteiger partial charge in [-0.15, -0.1) is 11.3 Å². The highest BCUT2D eigenvalue weighted by Gasteiger charge is 2.09. The van der Waals surface area contributed by atoms with Crippen LogP contribution < -0.4 is 5.32 Å². The summed E-state index contributed by atoms with van der Waals surface area (Å²) in [6, 6.07) is 7.70. The molecule has 0 bridgehead atoms. The molecule has 8 heteroatoms. The average Bonchev–Trinajstić information content (AvgIpc) is 3.16. The van der Waals surface area contributed by atoms with Crippen LogP contribution in [0.5, 0.6) is 0 Å². The van der Waals surface area contributed by atoms with Gasteiger partial charge >= 0.3 is 0 Å². The predicted molar refractivity (Wildman–Crippen MR) is 105 cm³/mol. The lowest BCUT2D eigenvalue weighted by molar-refractivity contribution is 1.01. The minimum Gasteiger partial charge on any atom is -0.349 e. The molecular formula is C19H17N7S. The Morgan fingerprint density at radius 1 is 0.926 bits per heavy atom. The van der Waals surface area contributed by atoms with Crippen molar-refractivity contribution in [3.8, 4) is 22.1 Å². The number of aryl methyl sites for hydroxylation is 2. The van der Waals surface area contributed by atoms with Crippen molar-refractivity contribution in [3.05, 3.63) is 65.3 Å². The molecule has 7 nitrogen and oxygen atoms in total. The van der Waals surface area contributed by atoms with E-state index in [2.05, 4.69) is 35.2 Å². The van der Waals surface area contributed by atoms with Gasteiger partial charge in [0.05, 0.1) is 17.9 Å². The molecule has 0 saturated heterocycles. The van der Waals surface area contributed by atoms with Gasteiger partial charge in [0.25, 0.3) is 0 Å². The van der Waals surface area contributed by atoms with Gasteiger partial charge in [0.1, 0.15) is 0 Å². The number of hydrogen-bond donors (Lipinski definition) is 1. The van der Waals surface area contributed by atoms with Crippen LogP contribution in [-0.2, 0) is 6.54 Å². The molecule has 0 amide bonds. The van der Waals surface area contributed by atoms with E-state index in [1.807, 2.05) is 37.4 Å². The van der Waals surface area contributed by atoms with Crippen LogP contribution in [0.25, 0.3) is 22.1 Å². The minimum absolute atomic E-state index is 0.526. The molecule has 0 aliphatic carbocycles. The first-order valence-electron chi connectivity index (χ1n) is 8.42. The van der Waals surface area contributed by atoms with Crippen LogP contribution in [0.1, 0.15) is 17.1 Å². The third-order valence-corrected chi connectivity index (χ3v) is 4.78. The Balaban J connectivity index is 1.49. The molecule has 1 N–H and O–H groups in total. The van der Waals surface area contributed by atoms with Crippen LogP contribution >= 0.6 is 11.3 Å². The summed E-state index contributed by atoms with van der Waals surface area (Å²) in [6.45, 7) is 4.49. The van der Waals surface area contributed by atoms with Gasteiger partial charge in [0, 0.05) is 40.9 Å². The van der Waals surface area contributed by atoms with E-state index >= 15 is 0 Å². The number of nitrogens with zero attached hydrogens (tertiary/aromatic N) is 6. The minimum atomic E-state index is 0.526. The maximum Gasteiger partial charge on any atom is 0.223 e. The molecule has 0 unspecified atom stereocenters. The predicted octanol–water partition coefficient (Wildman–Crippen LogP) is 3.68. The van der Waals surface area contributed by atoms with E-state index in [1.165, 1.54) is 11.3 Å². The summed E-state index contributed by atoms with van der Waals surface area (Å²) in [7, 11) is 0. The van der Waals surface area contributed by atoms with Crippen LogP contribution in [-0.4, -0.2) is 29.9 Å². The van der Waals surface area contributed by atoms with Crippen molar-refractivity contribution in [3.63, 3.8) is 0 Å². The van der Waals surface area contributed by atoms with Gasteiger partial charge in [-0.25, -0.2) is 24.9 Å². The average molecular weight is 375 g/mol. The van der Waals surface area contributed by atoms with E-state index in [4.69, 9.17) is 0 Å². The highest BCUT2D eigenvalue weighted by atomic mass is 32.1. The second-order valence-electron chi connectivity index (χ2n) is 5.92. The third kappa shape index (κ3) is 3.95. The maximum absolute atomic E-state index is 4.60. The van der Waals surface area contributed by atoms with Crippen molar-refractivity contribution in [2.24, 2.45) is 0 Å². The summed E-state index contributed by atoms with van der Waals surface area (Å²) in [5.74, 6) is 1.19. The van der Waals surface area contributed by atoms with E-state index in [9.17, 15) is 0 Å².